The largest absolute Gasteiger partial charge is 0.495 e. The van der Waals surface area contributed by atoms with Crippen molar-refractivity contribution in [3.8, 4) is 5.75 Å². The van der Waals surface area contributed by atoms with E-state index in [9.17, 15) is 4.79 Å². The van der Waals surface area contributed by atoms with Gasteiger partial charge in [-0.2, -0.15) is 10.1 Å². The molecule has 1 fully saturated rings. The number of carbonyl (C=O) groups is 1. The summed E-state index contributed by atoms with van der Waals surface area (Å²) in [4.78, 5) is 20.8. The number of furan rings is 1. The van der Waals surface area contributed by atoms with Gasteiger partial charge in [0.15, 0.2) is 11.6 Å². The van der Waals surface area contributed by atoms with Crippen molar-refractivity contribution >= 4 is 23.4 Å². The number of anilines is 3. The van der Waals surface area contributed by atoms with E-state index in [1.807, 2.05) is 25.1 Å². The van der Waals surface area contributed by atoms with Crippen molar-refractivity contribution in [2.75, 3.05) is 43.5 Å². The number of nitrogens with zero attached hydrogens (tertiary/aromatic N) is 5. The number of hydrogen-bond acceptors (Lipinski definition) is 8. The van der Waals surface area contributed by atoms with E-state index in [1.165, 1.54) is 6.26 Å². The Hall–Kier alpha value is -3.62. The number of benzene rings is 1. The molecule has 29 heavy (non-hydrogen) atoms. The van der Waals surface area contributed by atoms with Crippen LogP contribution >= 0.6 is 0 Å². The predicted molar refractivity (Wildman–Crippen MR) is 108 cm³/mol. The van der Waals surface area contributed by atoms with Gasteiger partial charge >= 0.3 is 0 Å². The minimum Gasteiger partial charge on any atom is -0.495 e. The first-order valence-corrected chi connectivity index (χ1v) is 9.33. The first-order chi connectivity index (χ1) is 14.1. The summed E-state index contributed by atoms with van der Waals surface area (Å²) in [5.41, 5.74) is 1.87. The summed E-state index contributed by atoms with van der Waals surface area (Å²) in [5, 5.41) is 11.3. The highest BCUT2D eigenvalue weighted by atomic mass is 16.5. The van der Waals surface area contributed by atoms with Gasteiger partial charge in [0.2, 0.25) is 5.95 Å². The third-order valence-electron chi connectivity index (χ3n) is 4.77. The highest BCUT2D eigenvalue weighted by Crippen LogP contribution is 2.27. The zero-order valence-electron chi connectivity index (χ0n) is 16.3. The molecule has 0 spiro atoms. The van der Waals surface area contributed by atoms with Crippen LogP contribution in [0.1, 0.15) is 16.1 Å². The molecule has 3 aromatic rings. The molecule has 0 saturated carbocycles. The van der Waals surface area contributed by atoms with Crippen LogP contribution in [0.15, 0.2) is 47.2 Å². The maximum atomic E-state index is 12.4. The van der Waals surface area contributed by atoms with Crippen molar-refractivity contribution in [1.29, 1.82) is 0 Å². The lowest BCUT2D eigenvalue weighted by atomic mass is 10.2. The van der Waals surface area contributed by atoms with E-state index in [0.717, 1.165) is 11.3 Å². The summed E-state index contributed by atoms with van der Waals surface area (Å²) in [7, 11) is 1.62. The standard InChI is InChI=1S/C20H22N6O3/c1-14-5-6-16(28-2)15(12-14)22-20-23-18(13-21-24-20)25-7-9-26(10-8-25)19(27)17-4-3-11-29-17/h3-6,11-13H,7-10H2,1-2H3,(H,22,23,24). The normalized spacial score (nSPS) is 14.0. The number of piperazine rings is 1. The number of hydrogen-bond donors (Lipinski definition) is 1. The molecule has 9 heteroatoms. The Labute approximate surface area is 168 Å². The van der Waals surface area contributed by atoms with Gasteiger partial charge in [-0.15, -0.1) is 5.10 Å². The molecule has 0 radical (unpaired) electrons. The third-order valence-corrected chi connectivity index (χ3v) is 4.77. The Morgan fingerprint density at radius 1 is 1.21 bits per heavy atom. The lowest BCUT2D eigenvalue weighted by molar-refractivity contribution is 0.0714. The van der Waals surface area contributed by atoms with Gasteiger partial charge in [0.25, 0.3) is 5.91 Å². The van der Waals surface area contributed by atoms with Crippen molar-refractivity contribution < 1.29 is 13.9 Å². The van der Waals surface area contributed by atoms with Crippen molar-refractivity contribution in [1.82, 2.24) is 20.1 Å². The van der Waals surface area contributed by atoms with E-state index < -0.39 is 0 Å². The van der Waals surface area contributed by atoms with Gasteiger partial charge in [-0.25, -0.2) is 0 Å². The molecule has 1 aromatic carbocycles. The lowest BCUT2D eigenvalue weighted by Gasteiger charge is -2.34. The van der Waals surface area contributed by atoms with E-state index in [2.05, 4.69) is 25.4 Å². The summed E-state index contributed by atoms with van der Waals surface area (Å²) in [6.45, 7) is 4.47. The van der Waals surface area contributed by atoms with Crippen LogP contribution in [-0.4, -0.2) is 59.3 Å². The zero-order chi connectivity index (χ0) is 20.2. The van der Waals surface area contributed by atoms with E-state index in [0.29, 0.717) is 49.5 Å². The fourth-order valence-corrected chi connectivity index (χ4v) is 3.23. The van der Waals surface area contributed by atoms with Gasteiger partial charge in [-0.1, -0.05) is 6.07 Å². The number of ether oxygens (including phenoxy) is 1. The van der Waals surface area contributed by atoms with E-state index in [4.69, 9.17) is 9.15 Å². The smallest absolute Gasteiger partial charge is 0.289 e. The number of aryl methyl sites for hydroxylation is 1. The number of aromatic nitrogens is 3. The Balaban J connectivity index is 1.43. The molecule has 0 bridgehead atoms. The van der Waals surface area contributed by atoms with Crippen LogP contribution < -0.4 is 15.0 Å². The number of nitrogens with one attached hydrogen (secondary N) is 1. The Morgan fingerprint density at radius 3 is 2.76 bits per heavy atom. The fraction of sp³-hybridized carbons (Fsp3) is 0.300. The van der Waals surface area contributed by atoms with Crippen molar-refractivity contribution in [3.63, 3.8) is 0 Å². The molecule has 1 aliphatic heterocycles. The number of methoxy groups -OCH3 is 1. The maximum absolute atomic E-state index is 12.4. The summed E-state index contributed by atoms with van der Waals surface area (Å²) in [6, 6.07) is 9.23. The van der Waals surface area contributed by atoms with Gasteiger partial charge in [0.05, 0.1) is 25.3 Å². The van der Waals surface area contributed by atoms with Gasteiger partial charge in [0, 0.05) is 26.2 Å². The highest BCUT2D eigenvalue weighted by molar-refractivity contribution is 5.91. The van der Waals surface area contributed by atoms with E-state index in [1.54, 1.807) is 30.3 Å². The van der Waals surface area contributed by atoms with Crippen LogP contribution in [0.5, 0.6) is 5.75 Å². The van der Waals surface area contributed by atoms with Gasteiger partial charge in [0.1, 0.15) is 5.75 Å². The minimum absolute atomic E-state index is 0.0932. The summed E-state index contributed by atoms with van der Waals surface area (Å²) < 4.78 is 10.6. The molecule has 1 aliphatic rings. The van der Waals surface area contributed by atoms with Gasteiger partial charge in [-0.3, -0.25) is 4.79 Å². The quantitative estimate of drug-likeness (QED) is 0.705. The third kappa shape index (κ3) is 4.13. The monoisotopic (exact) mass is 394 g/mol. The topological polar surface area (TPSA) is 96.6 Å². The van der Waals surface area contributed by atoms with Crippen molar-refractivity contribution in [2.24, 2.45) is 0 Å². The first-order valence-electron chi connectivity index (χ1n) is 9.33. The lowest BCUT2D eigenvalue weighted by Crippen LogP contribution is -2.49. The fourth-order valence-electron chi connectivity index (χ4n) is 3.23. The van der Waals surface area contributed by atoms with Crippen LogP contribution in [0.3, 0.4) is 0 Å². The molecule has 1 amide bonds. The Kier molecular flexibility index (Phi) is 5.28. The second kappa shape index (κ2) is 8.17. The van der Waals surface area contributed by atoms with E-state index in [-0.39, 0.29) is 5.91 Å². The van der Waals surface area contributed by atoms with Crippen molar-refractivity contribution in [2.45, 2.75) is 6.92 Å². The molecular weight excluding hydrogens is 372 g/mol. The van der Waals surface area contributed by atoms with Crippen LogP contribution in [0.2, 0.25) is 0 Å². The molecule has 3 heterocycles. The van der Waals surface area contributed by atoms with Gasteiger partial charge < -0.3 is 24.3 Å². The SMILES string of the molecule is COc1ccc(C)cc1Nc1nncc(N2CCN(C(=O)c3ccco3)CC2)n1. The molecule has 4 rings (SSSR count). The van der Waals surface area contributed by atoms with Crippen LogP contribution in [0, 0.1) is 6.92 Å². The average Bonchev–Trinajstić information content (AvgIpc) is 3.29. The number of rotatable bonds is 5. The molecule has 150 valence electrons. The molecule has 0 aliphatic carbocycles. The molecule has 1 saturated heterocycles. The molecule has 9 nitrogen and oxygen atoms in total. The van der Waals surface area contributed by atoms with Gasteiger partial charge in [-0.05, 0) is 36.8 Å². The Bertz CT molecular complexity index is 984. The highest BCUT2D eigenvalue weighted by Gasteiger charge is 2.24. The average molecular weight is 394 g/mol. The van der Waals surface area contributed by atoms with E-state index >= 15 is 0 Å². The minimum atomic E-state index is -0.0932. The van der Waals surface area contributed by atoms with Crippen LogP contribution in [0.4, 0.5) is 17.5 Å². The molecule has 1 N–H and O–H groups in total. The molecule has 2 aromatic heterocycles. The maximum Gasteiger partial charge on any atom is 0.289 e. The number of carbonyl (C=O) groups excluding carboxylic acids is 1. The Morgan fingerprint density at radius 2 is 2.03 bits per heavy atom. The summed E-state index contributed by atoms with van der Waals surface area (Å²) in [5.74, 6) is 2.07. The first kappa shape index (κ1) is 18.7. The molecule has 0 atom stereocenters. The number of amides is 1. The predicted octanol–water partition coefficient (Wildman–Crippen LogP) is 2.49. The molecular formula is C20H22N6O3. The second-order valence-corrected chi connectivity index (χ2v) is 6.72. The van der Waals surface area contributed by atoms with Crippen LogP contribution in [0.25, 0.3) is 0 Å². The van der Waals surface area contributed by atoms with Crippen LogP contribution in [-0.2, 0) is 0 Å². The van der Waals surface area contributed by atoms with Crippen molar-refractivity contribution in [3.05, 3.63) is 54.1 Å². The summed E-state index contributed by atoms with van der Waals surface area (Å²) >= 11 is 0. The molecule has 0 unspecified atom stereocenters. The second-order valence-electron chi connectivity index (χ2n) is 6.72. The summed E-state index contributed by atoms with van der Waals surface area (Å²) in [6.07, 6.45) is 3.14. The zero-order valence-corrected chi connectivity index (χ0v) is 16.3.